The first-order chi connectivity index (χ1) is 14.7. The molecule has 0 amide bonds. The van der Waals surface area contributed by atoms with E-state index in [9.17, 15) is 16.8 Å². The summed E-state index contributed by atoms with van der Waals surface area (Å²) in [5.41, 5.74) is 3.10. The van der Waals surface area contributed by atoms with Gasteiger partial charge in [0, 0.05) is 20.1 Å². The van der Waals surface area contributed by atoms with E-state index in [0.29, 0.717) is 0 Å². The van der Waals surface area contributed by atoms with Crippen molar-refractivity contribution in [3.63, 3.8) is 0 Å². The topological polar surface area (TPSA) is 102 Å². The van der Waals surface area contributed by atoms with Crippen molar-refractivity contribution in [1.29, 1.82) is 0 Å². The molecular formula is C21H24N4O4S2. The highest BCUT2D eigenvalue weighted by Gasteiger charge is 2.37. The number of rotatable bonds is 5. The number of sulfonamides is 1. The summed E-state index contributed by atoms with van der Waals surface area (Å²) in [5, 5.41) is 6.59. The summed E-state index contributed by atoms with van der Waals surface area (Å²) in [4.78, 5) is 0.207. The molecule has 0 unspecified atom stereocenters. The van der Waals surface area contributed by atoms with Crippen molar-refractivity contribution in [2.75, 3.05) is 13.1 Å². The van der Waals surface area contributed by atoms with Crippen LogP contribution in [-0.4, -0.2) is 54.2 Å². The van der Waals surface area contributed by atoms with Gasteiger partial charge in [-0.3, -0.25) is 0 Å². The van der Waals surface area contributed by atoms with Gasteiger partial charge in [-0.05, 0) is 43.0 Å². The van der Waals surface area contributed by atoms with E-state index in [1.165, 1.54) is 15.2 Å². The average molecular weight is 461 g/mol. The molecule has 2 aromatic carbocycles. The predicted octanol–water partition coefficient (Wildman–Crippen LogP) is 2.42. The summed E-state index contributed by atoms with van der Waals surface area (Å²) < 4.78 is 54.5. The summed E-state index contributed by atoms with van der Waals surface area (Å²) in [5.74, 6) is 0. The quantitative estimate of drug-likeness (QED) is 0.579. The van der Waals surface area contributed by atoms with Gasteiger partial charge in [-0.25, -0.2) is 16.8 Å². The molecule has 164 valence electrons. The van der Waals surface area contributed by atoms with Gasteiger partial charge in [0.15, 0.2) is 0 Å². The molecule has 3 aromatic rings. The van der Waals surface area contributed by atoms with Crippen LogP contribution in [0.25, 0.3) is 11.1 Å². The summed E-state index contributed by atoms with van der Waals surface area (Å²) >= 11 is 0. The second-order valence-corrected chi connectivity index (χ2v) is 11.8. The SMILES string of the molecule is Cc1cccc(-c2ccc(S(=O)(=O)N3CCC(S(=O)(=O)c4nncn4C)CC3)cc2)c1. The zero-order valence-electron chi connectivity index (χ0n) is 17.3. The highest BCUT2D eigenvalue weighted by Crippen LogP contribution is 2.28. The summed E-state index contributed by atoms with van der Waals surface area (Å²) in [6, 6.07) is 14.8. The van der Waals surface area contributed by atoms with E-state index in [4.69, 9.17) is 0 Å². The van der Waals surface area contributed by atoms with Crippen molar-refractivity contribution in [3.8, 4) is 11.1 Å². The molecule has 1 aliphatic heterocycles. The third-order valence-electron chi connectivity index (χ3n) is 5.61. The Morgan fingerprint density at radius 2 is 1.61 bits per heavy atom. The number of nitrogens with zero attached hydrogens (tertiary/aromatic N) is 4. The zero-order valence-corrected chi connectivity index (χ0v) is 19.0. The lowest BCUT2D eigenvalue weighted by atomic mass is 10.0. The van der Waals surface area contributed by atoms with Gasteiger partial charge in [-0.2, -0.15) is 4.31 Å². The predicted molar refractivity (Wildman–Crippen MR) is 117 cm³/mol. The minimum atomic E-state index is -3.69. The van der Waals surface area contributed by atoms with Crippen molar-refractivity contribution in [3.05, 3.63) is 60.4 Å². The zero-order chi connectivity index (χ0) is 22.2. The van der Waals surface area contributed by atoms with E-state index in [0.717, 1.165) is 16.7 Å². The number of aryl methyl sites for hydroxylation is 2. The minimum Gasteiger partial charge on any atom is -0.308 e. The van der Waals surface area contributed by atoms with Crippen molar-refractivity contribution in [1.82, 2.24) is 19.1 Å². The molecule has 0 radical (unpaired) electrons. The fourth-order valence-corrected chi connectivity index (χ4v) is 7.06. The van der Waals surface area contributed by atoms with Crippen LogP contribution >= 0.6 is 0 Å². The molecule has 1 saturated heterocycles. The number of aromatic nitrogens is 3. The molecule has 1 aromatic heterocycles. The minimum absolute atomic E-state index is 0.0828. The fourth-order valence-electron chi connectivity index (χ4n) is 3.86. The van der Waals surface area contributed by atoms with E-state index in [1.807, 2.05) is 31.2 Å². The van der Waals surface area contributed by atoms with Gasteiger partial charge in [-0.15, -0.1) is 10.2 Å². The lowest BCUT2D eigenvalue weighted by molar-refractivity contribution is 0.344. The van der Waals surface area contributed by atoms with E-state index in [-0.39, 0.29) is 36.0 Å². The first kappa shape index (κ1) is 21.7. The van der Waals surface area contributed by atoms with Crippen molar-refractivity contribution in [2.45, 2.75) is 35.1 Å². The maximum Gasteiger partial charge on any atom is 0.249 e. The number of benzene rings is 2. The molecule has 10 heteroatoms. The second-order valence-electron chi connectivity index (χ2n) is 7.77. The molecule has 31 heavy (non-hydrogen) atoms. The lowest BCUT2D eigenvalue weighted by Gasteiger charge is -2.30. The Morgan fingerprint density at radius 1 is 0.935 bits per heavy atom. The van der Waals surface area contributed by atoms with Crippen LogP contribution in [0.5, 0.6) is 0 Å². The lowest BCUT2D eigenvalue weighted by Crippen LogP contribution is -2.42. The van der Waals surface area contributed by atoms with Crippen LogP contribution in [0.4, 0.5) is 0 Å². The Morgan fingerprint density at radius 3 is 2.19 bits per heavy atom. The molecule has 4 rings (SSSR count). The van der Waals surface area contributed by atoms with E-state index in [1.54, 1.807) is 31.3 Å². The number of sulfone groups is 1. The van der Waals surface area contributed by atoms with Crippen LogP contribution in [0.3, 0.4) is 0 Å². The van der Waals surface area contributed by atoms with Crippen LogP contribution in [0.15, 0.2) is 64.9 Å². The Labute approximate surface area is 182 Å². The molecule has 0 N–H and O–H groups in total. The van der Waals surface area contributed by atoms with Gasteiger partial charge in [0.25, 0.3) is 0 Å². The van der Waals surface area contributed by atoms with Crippen LogP contribution in [0.1, 0.15) is 18.4 Å². The number of piperidine rings is 1. The summed E-state index contributed by atoms with van der Waals surface area (Å²) in [6.45, 7) is 2.30. The Bertz CT molecular complexity index is 1290. The average Bonchev–Trinajstić information content (AvgIpc) is 3.21. The van der Waals surface area contributed by atoms with Crippen molar-refractivity contribution in [2.24, 2.45) is 7.05 Å². The first-order valence-corrected chi connectivity index (χ1v) is 12.9. The van der Waals surface area contributed by atoms with Crippen LogP contribution in [0, 0.1) is 6.92 Å². The second kappa shape index (κ2) is 8.18. The highest BCUT2D eigenvalue weighted by atomic mass is 32.2. The standard InChI is InChI=1S/C21H24N4O4S2/c1-16-4-3-5-18(14-16)17-6-8-20(9-7-17)31(28,29)25-12-10-19(11-13-25)30(26,27)21-23-22-15-24(21)2/h3-9,14-15,19H,10-13H2,1-2H3. The molecule has 0 atom stereocenters. The maximum atomic E-state index is 13.1. The van der Waals surface area contributed by atoms with Crippen LogP contribution in [0.2, 0.25) is 0 Å². The van der Waals surface area contributed by atoms with Gasteiger partial charge in [0.2, 0.25) is 25.0 Å². The van der Waals surface area contributed by atoms with Crippen LogP contribution < -0.4 is 0 Å². The van der Waals surface area contributed by atoms with Gasteiger partial charge in [-0.1, -0.05) is 42.0 Å². The van der Waals surface area contributed by atoms with Gasteiger partial charge in [0.1, 0.15) is 6.33 Å². The molecule has 0 saturated carbocycles. The monoisotopic (exact) mass is 460 g/mol. The van der Waals surface area contributed by atoms with E-state index >= 15 is 0 Å². The third kappa shape index (κ3) is 4.15. The first-order valence-electron chi connectivity index (χ1n) is 9.95. The molecule has 0 aliphatic carbocycles. The van der Waals surface area contributed by atoms with E-state index in [2.05, 4.69) is 10.2 Å². The summed E-state index contributed by atoms with van der Waals surface area (Å²) in [6.07, 6.45) is 1.78. The highest BCUT2D eigenvalue weighted by molar-refractivity contribution is 7.92. The maximum absolute atomic E-state index is 13.1. The molecule has 0 spiro atoms. The normalized spacial score (nSPS) is 16.5. The number of hydrogen-bond donors (Lipinski definition) is 0. The van der Waals surface area contributed by atoms with Crippen molar-refractivity contribution >= 4 is 19.9 Å². The largest absolute Gasteiger partial charge is 0.308 e. The van der Waals surface area contributed by atoms with Gasteiger partial charge in [0.05, 0.1) is 10.1 Å². The Hall–Kier alpha value is -2.56. The van der Waals surface area contributed by atoms with E-state index < -0.39 is 25.1 Å². The molecule has 1 aliphatic rings. The molecule has 8 nitrogen and oxygen atoms in total. The third-order valence-corrected chi connectivity index (χ3v) is 9.75. The smallest absolute Gasteiger partial charge is 0.249 e. The Kier molecular flexibility index (Phi) is 5.71. The molecule has 0 bridgehead atoms. The molecular weight excluding hydrogens is 436 g/mol. The fraction of sp³-hybridized carbons (Fsp3) is 0.333. The Balaban J connectivity index is 1.49. The van der Waals surface area contributed by atoms with Crippen LogP contribution in [-0.2, 0) is 26.9 Å². The molecule has 1 fully saturated rings. The molecule has 2 heterocycles. The van der Waals surface area contributed by atoms with Gasteiger partial charge >= 0.3 is 0 Å². The van der Waals surface area contributed by atoms with Crippen molar-refractivity contribution < 1.29 is 16.8 Å². The number of hydrogen-bond acceptors (Lipinski definition) is 6. The van der Waals surface area contributed by atoms with Gasteiger partial charge < -0.3 is 4.57 Å². The summed E-state index contributed by atoms with van der Waals surface area (Å²) in [7, 11) is -5.77.